The van der Waals surface area contributed by atoms with E-state index in [-0.39, 0.29) is 17.7 Å². The molecule has 0 unspecified atom stereocenters. The molecule has 1 aromatic carbocycles. The van der Waals surface area contributed by atoms with Gasteiger partial charge in [0.05, 0.1) is 11.0 Å². The number of likely N-dealkylation sites (tertiary alicyclic amines) is 1. The second kappa shape index (κ2) is 9.32. The number of hydrogen-bond donors (Lipinski definition) is 1. The fraction of sp³-hybridized carbons (Fsp3) is 0.522. The van der Waals surface area contributed by atoms with Gasteiger partial charge in [0.1, 0.15) is 0 Å². The summed E-state index contributed by atoms with van der Waals surface area (Å²) in [5, 5.41) is 3.07. The van der Waals surface area contributed by atoms with Gasteiger partial charge in [-0.3, -0.25) is 9.59 Å². The summed E-state index contributed by atoms with van der Waals surface area (Å²) in [5.74, 6) is 1.40. The summed E-state index contributed by atoms with van der Waals surface area (Å²) in [6.07, 6.45) is 6.01. The smallest absolute Gasteiger partial charge is 0.223 e. The normalized spacial score (nSPS) is 17.7. The molecule has 2 aromatic rings. The Balaban J connectivity index is 1.28. The number of carbonyl (C=O) groups is 2. The predicted octanol–water partition coefficient (Wildman–Crippen LogP) is 2.57. The molecule has 1 aromatic heterocycles. The quantitative estimate of drug-likeness (QED) is 0.537. The van der Waals surface area contributed by atoms with E-state index < -0.39 is 0 Å². The van der Waals surface area contributed by atoms with Crippen molar-refractivity contribution in [1.82, 2.24) is 19.8 Å². The lowest BCUT2D eigenvalue weighted by Gasteiger charge is -2.32. The maximum absolute atomic E-state index is 12.6. The number of piperidine rings is 1. The Morgan fingerprint density at radius 3 is 2.77 bits per heavy atom. The molecule has 2 saturated heterocycles. The van der Waals surface area contributed by atoms with Crippen molar-refractivity contribution in [3.63, 3.8) is 0 Å². The van der Waals surface area contributed by atoms with E-state index in [2.05, 4.69) is 27.4 Å². The molecular formula is C23H31N5O2. The number of rotatable bonds is 8. The number of carbonyl (C=O) groups excluding carboxylic acids is 2. The van der Waals surface area contributed by atoms with Gasteiger partial charge in [-0.1, -0.05) is 18.2 Å². The number of imidazole rings is 1. The lowest BCUT2D eigenvalue weighted by atomic mass is 9.96. The predicted molar refractivity (Wildman–Crippen MR) is 118 cm³/mol. The Hall–Kier alpha value is -2.83. The minimum absolute atomic E-state index is 0.0481. The van der Waals surface area contributed by atoms with Crippen LogP contribution in [0.1, 0.15) is 32.1 Å². The number of anilines is 1. The summed E-state index contributed by atoms with van der Waals surface area (Å²) in [4.78, 5) is 33.2. The molecule has 4 rings (SSSR count). The molecule has 0 spiro atoms. The van der Waals surface area contributed by atoms with Crippen LogP contribution in [0, 0.1) is 5.92 Å². The molecule has 0 saturated carbocycles. The van der Waals surface area contributed by atoms with Gasteiger partial charge in [0.15, 0.2) is 0 Å². The number of nitrogens with one attached hydrogen (secondary N) is 1. The zero-order chi connectivity index (χ0) is 20.9. The Bertz CT molecular complexity index is 913. The second-order valence-corrected chi connectivity index (χ2v) is 8.19. The lowest BCUT2D eigenvalue weighted by Crippen LogP contribution is -2.42. The van der Waals surface area contributed by atoms with E-state index in [4.69, 9.17) is 4.98 Å². The molecule has 0 bridgehead atoms. The summed E-state index contributed by atoms with van der Waals surface area (Å²) in [6, 6.07) is 8.16. The Morgan fingerprint density at radius 2 is 2.03 bits per heavy atom. The molecule has 160 valence electrons. The molecule has 30 heavy (non-hydrogen) atoms. The number of hydrogen-bond acceptors (Lipinski definition) is 4. The first kappa shape index (κ1) is 20.4. The van der Waals surface area contributed by atoms with Crippen LogP contribution in [0.25, 0.3) is 11.0 Å². The van der Waals surface area contributed by atoms with Gasteiger partial charge >= 0.3 is 0 Å². The van der Waals surface area contributed by atoms with Gasteiger partial charge in [-0.25, -0.2) is 4.98 Å². The van der Waals surface area contributed by atoms with Crippen LogP contribution >= 0.6 is 0 Å². The lowest BCUT2D eigenvalue weighted by molar-refractivity contribution is -0.127. The highest BCUT2D eigenvalue weighted by molar-refractivity contribution is 5.80. The summed E-state index contributed by atoms with van der Waals surface area (Å²) in [7, 11) is 0. The molecule has 0 atom stereocenters. The van der Waals surface area contributed by atoms with Crippen LogP contribution in [0.3, 0.4) is 0 Å². The molecule has 2 amide bonds. The third-order valence-corrected chi connectivity index (χ3v) is 6.17. The van der Waals surface area contributed by atoms with Crippen LogP contribution in [-0.2, 0) is 16.1 Å². The van der Waals surface area contributed by atoms with Gasteiger partial charge in [-0.2, -0.15) is 0 Å². The summed E-state index contributed by atoms with van der Waals surface area (Å²) in [5.41, 5.74) is 2.11. The topological polar surface area (TPSA) is 70.5 Å². The number of allylic oxidation sites excluding steroid dienone is 1. The number of aromatic nitrogens is 2. The van der Waals surface area contributed by atoms with Crippen molar-refractivity contribution in [2.24, 2.45) is 5.92 Å². The monoisotopic (exact) mass is 409 g/mol. The minimum atomic E-state index is 0.0481. The summed E-state index contributed by atoms with van der Waals surface area (Å²) >= 11 is 0. The zero-order valence-corrected chi connectivity index (χ0v) is 17.6. The Labute approximate surface area is 177 Å². The van der Waals surface area contributed by atoms with E-state index in [9.17, 15) is 9.59 Å². The average molecular weight is 410 g/mol. The first-order chi connectivity index (χ1) is 14.7. The van der Waals surface area contributed by atoms with Gasteiger partial charge in [-0.15, -0.1) is 6.58 Å². The fourth-order valence-electron chi connectivity index (χ4n) is 4.52. The Morgan fingerprint density at radius 1 is 1.23 bits per heavy atom. The van der Waals surface area contributed by atoms with Crippen LogP contribution in [-0.4, -0.2) is 59.0 Å². The van der Waals surface area contributed by atoms with Gasteiger partial charge in [0, 0.05) is 51.6 Å². The van der Waals surface area contributed by atoms with Crippen molar-refractivity contribution >= 4 is 28.8 Å². The van der Waals surface area contributed by atoms with Crippen molar-refractivity contribution in [1.29, 1.82) is 0 Å². The highest BCUT2D eigenvalue weighted by Gasteiger charge is 2.27. The van der Waals surface area contributed by atoms with Crippen LogP contribution < -0.4 is 10.2 Å². The Kier molecular flexibility index (Phi) is 6.35. The first-order valence-electron chi connectivity index (χ1n) is 11.0. The molecule has 1 N–H and O–H groups in total. The minimum Gasteiger partial charge on any atom is -0.356 e. The van der Waals surface area contributed by atoms with E-state index in [1.807, 2.05) is 29.2 Å². The van der Waals surface area contributed by atoms with Crippen molar-refractivity contribution in [3.8, 4) is 0 Å². The SMILES string of the molecule is C=CCn1c(N2CCC(C(=O)NCCCN3CCCC3=O)CC2)nc2ccccc21. The number of benzene rings is 1. The van der Waals surface area contributed by atoms with Crippen LogP contribution in [0.5, 0.6) is 0 Å². The standard InChI is InChI=1S/C23H31N5O2/c1-2-13-28-20-8-4-3-7-19(20)25-23(28)27-16-10-18(11-17-27)22(30)24-12-6-15-26-14-5-9-21(26)29/h2-4,7-8,18H,1,5-6,9-17H2,(H,24,30). The average Bonchev–Trinajstić information content (AvgIpc) is 3.35. The number of nitrogens with zero attached hydrogens (tertiary/aromatic N) is 4. The maximum Gasteiger partial charge on any atom is 0.223 e. The van der Waals surface area contributed by atoms with E-state index in [1.54, 1.807) is 0 Å². The van der Waals surface area contributed by atoms with Gasteiger partial charge in [0.2, 0.25) is 17.8 Å². The first-order valence-corrected chi connectivity index (χ1v) is 11.0. The van der Waals surface area contributed by atoms with E-state index in [0.29, 0.717) is 13.0 Å². The number of fused-ring (bicyclic) bond motifs is 1. The molecule has 2 aliphatic rings. The third-order valence-electron chi connectivity index (χ3n) is 6.17. The molecule has 7 nitrogen and oxygen atoms in total. The third kappa shape index (κ3) is 4.35. The van der Waals surface area contributed by atoms with Crippen molar-refractivity contribution in [2.75, 3.05) is 37.6 Å². The van der Waals surface area contributed by atoms with Crippen LogP contribution in [0.4, 0.5) is 5.95 Å². The molecule has 0 radical (unpaired) electrons. The van der Waals surface area contributed by atoms with E-state index in [1.165, 1.54) is 0 Å². The highest BCUT2D eigenvalue weighted by Crippen LogP contribution is 2.27. The van der Waals surface area contributed by atoms with Gasteiger partial charge in [0.25, 0.3) is 0 Å². The van der Waals surface area contributed by atoms with E-state index >= 15 is 0 Å². The zero-order valence-electron chi connectivity index (χ0n) is 17.6. The van der Waals surface area contributed by atoms with Crippen LogP contribution in [0.2, 0.25) is 0 Å². The molecule has 7 heteroatoms. The molecule has 2 fully saturated rings. The molecule has 0 aliphatic carbocycles. The molecule has 3 heterocycles. The van der Waals surface area contributed by atoms with Gasteiger partial charge < -0.3 is 19.7 Å². The van der Waals surface area contributed by atoms with Crippen molar-refractivity contribution < 1.29 is 9.59 Å². The van der Waals surface area contributed by atoms with E-state index in [0.717, 1.165) is 75.4 Å². The van der Waals surface area contributed by atoms with Crippen LogP contribution in [0.15, 0.2) is 36.9 Å². The second-order valence-electron chi connectivity index (χ2n) is 8.19. The van der Waals surface area contributed by atoms with Crippen molar-refractivity contribution in [3.05, 3.63) is 36.9 Å². The number of para-hydroxylation sites is 2. The summed E-state index contributed by atoms with van der Waals surface area (Å²) < 4.78 is 2.20. The number of amides is 2. The fourth-order valence-corrected chi connectivity index (χ4v) is 4.52. The summed E-state index contributed by atoms with van der Waals surface area (Å²) in [6.45, 7) is 8.49. The molecule has 2 aliphatic heterocycles. The largest absolute Gasteiger partial charge is 0.356 e. The molecular weight excluding hydrogens is 378 g/mol. The van der Waals surface area contributed by atoms with Gasteiger partial charge in [-0.05, 0) is 37.8 Å². The van der Waals surface area contributed by atoms with Crippen molar-refractivity contribution in [2.45, 2.75) is 38.6 Å². The highest BCUT2D eigenvalue weighted by atomic mass is 16.2. The maximum atomic E-state index is 12.6.